The van der Waals surface area contributed by atoms with Gasteiger partial charge in [0.15, 0.2) is 5.78 Å². The maximum absolute atomic E-state index is 13.3. The van der Waals surface area contributed by atoms with Crippen molar-refractivity contribution >= 4 is 17.3 Å². The fourth-order valence-electron chi connectivity index (χ4n) is 3.66. The Bertz CT molecular complexity index is 1100. The van der Waals surface area contributed by atoms with E-state index >= 15 is 0 Å². The van der Waals surface area contributed by atoms with Crippen molar-refractivity contribution in [3.8, 4) is 11.1 Å². The minimum absolute atomic E-state index is 0.0168. The lowest BCUT2D eigenvalue weighted by atomic mass is 9.95. The second-order valence-electron chi connectivity index (χ2n) is 6.82. The summed E-state index contributed by atoms with van der Waals surface area (Å²) in [6.45, 7) is -0.214. The maximum atomic E-state index is 13.3. The molecule has 0 aliphatic heterocycles. The van der Waals surface area contributed by atoms with Gasteiger partial charge in [-0.15, -0.1) is 0 Å². The van der Waals surface area contributed by atoms with E-state index in [4.69, 9.17) is 0 Å². The molecule has 0 bridgehead atoms. The van der Waals surface area contributed by atoms with Gasteiger partial charge in [0.1, 0.15) is 0 Å². The molecule has 4 rings (SSSR count). The fourth-order valence-corrected chi connectivity index (χ4v) is 3.66. The number of hydrogen-bond acceptors (Lipinski definition) is 3. The number of anilines is 1. The molecule has 146 valence electrons. The highest BCUT2D eigenvalue weighted by Gasteiger charge is 2.43. The number of carbonyl (C=O) groups is 2. The van der Waals surface area contributed by atoms with Crippen LogP contribution in [0.2, 0.25) is 0 Å². The lowest BCUT2D eigenvalue weighted by Crippen LogP contribution is -2.26. The van der Waals surface area contributed by atoms with Gasteiger partial charge in [0.2, 0.25) is 0 Å². The topological polar surface area (TPSA) is 46.2 Å². The molecule has 0 spiro atoms. The Kier molecular flexibility index (Phi) is 4.70. The smallest absolute Gasteiger partial charge is 0.377 e. The lowest BCUT2D eigenvalue weighted by molar-refractivity contribution is -0.0885. The van der Waals surface area contributed by atoms with Gasteiger partial charge in [-0.3, -0.25) is 9.59 Å². The number of alkyl halides is 3. The highest BCUT2D eigenvalue weighted by Crippen LogP contribution is 2.42. The van der Waals surface area contributed by atoms with Crippen molar-refractivity contribution in [1.82, 2.24) is 0 Å². The predicted octanol–water partition coefficient (Wildman–Crippen LogP) is 5.30. The molecule has 3 aromatic rings. The van der Waals surface area contributed by atoms with Crippen LogP contribution in [0.5, 0.6) is 0 Å². The zero-order valence-corrected chi connectivity index (χ0v) is 15.2. The molecule has 0 fully saturated rings. The van der Waals surface area contributed by atoms with Gasteiger partial charge in [0.25, 0.3) is 5.78 Å². The number of hydrogen-bond donors (Lipinski definition) is 1. The van der Waals surface area contributed by atoms with Gasteiger partial charge in [0.05, 0.1) is 12.1 Å². The average molecular weight is 395 g/mol. The molecule has 3 aromatic carbocycles. The number of halogens is 3. The van der Waals surface area contributed by atoms with Crippen LogP contribution in [0.4, 0.5) is 18.9 Å². The van der Waals surface area contributed by atoms with Crippen molar-refractivity contribution in [2.75, 3.05) is 11.9 Å². The van der Waals surface area contributed by atoms with Gasteiger partial charge < -0.3 is 5.32 Å². The average Bonchev–Trinajstić information content (AvgIpc) is 3.09. The normalized spacial score (nSPS) is 12.2. The first-order chi connectivity index (χ1) is 13.9. The lowest BCUT2D eigenvalue weighted by Gasteiger charge is -2.16. The van der Waals surface area contributed by atoms with Crippen molar-refractivity contribution in [3.63, 3.8) is 0 Å². The quantitative estimate of drug-likeness (QED) is 0.467. The van der Waals surface area contributed by atoms with E-state index in [9.17, 15) is 22.8 Å². The number of carbonyl (C=O) groups excluding carboxylic acids is 2. The zero-order chi connectivity index (χ0) is 20.6. The molecule has 6 heteroatoms. The summed E-state index contributed by atoms with van der Waals surface area (Å²) in [6.07, 6.45) is -4.77. The van der Waals surface area contributed by atoms with Crippen LogP contribution in [0.1, 0.15) is 31.8 Å². The number of rotatable bonds is 5. The van der Waals surface area contributed by atoms with E-state index in [1.54, 1.807) is 36.4 Å². The van der Waals surface area contributed by atoms with E-state index in [-0.39, 0.29) is 24.4 Å². The summed E-state index contributed by atoms with van der Waals surface area (Å²) in [7, 11) is 0. The summed E-state index contributed by atoms with van der Waals surface area (Å²) in [5.41, 5.74) is 2.70. The summed E-state index contributed by atoms with van der Waals surface area (Å²) in [4.78, 5) is 24.6. The first-order valence-corrected chi connectivity index (χ1v) is 9.04. The number of nitrogens with one attached hydrogen (secondary N) is 1. The molecule has 0 unspecified atom stereocenters. The van der Waals surface area contributed by atoms with E-state index in [0.717, 1.165) is 11.1 Å². The molecule has 1 aliphatic rings. The van der Waals surface area contributed by atoms with Crippen LogP contribution in [0.15, 0.2) is 66.7 Å². The number of ketones is 2. The molecule has 0 heterocycles. The van der Waals surface area contributed by atoms with E-state index in [0.29, 0.717) is 16.7 Å². The summed E-state index contributed by atoms with van der Waals surface area (Å²) < 4.78 is 40.0. The van der Waals surface area contributed by atoms with Crippen LogP contribution in [-0.2, 0) is 6.42 Å². The van der Waals surface area contributed by atoms with Crippen LogP contribution in [0.25, 0.3) is 11.1 Å². The third kappa shape index (κ3) is 3.53. The van der Waals surface area contributed by atoms with Gasteiger partial charge in [-0.05, 0) is 34.7 Å². The molecule has 0 atom stereocenters. The second kappa shape index (κ2) is 7.20. The highest BCUT2D eigenvalue weighted by molar-refractivity contribution is 6.09. The minimum Gasteiger partial charge on any atom is -0.377 e. The third-order valence-corrected chi connectivity index (χ3v) is 5.01. The van der Waals surface area contributed by atoms with Gasteiger partial charge in [0, 0.05) is 11.3 Å². The monoisotopic (exact) mass is 395 g/mol. The van der Waals surface area contributed by atoms with Crippen LogP contribution in [-0.4, -0.2) is 24.3 Å². The Morgan fingerprint density at radius 3 is 2.28 bits per heavy atom. The summed E-state index contributed by atoms with van der Waals surface area (Å²) in [6, 6.07) is 18.9. The van der Waals surface area contributed by atoms with E-state index in [1.807, 2.05) is 24.3 Å². The number of fused-ring (bicyclic) bond motifs is 3. The Labute approximate surface area is 165 Å². The van der Waals surface area contributed by atoms with Crippen LogP contribution >= 0.6 is 0 Å². The molecule has 1 aliphatic carbocycles. The molecular weight excluding hydrogens is 379 g/mol. The summed E-state index contributed by atoms with van der Waals surface area (Å²) >= 11 is 0. The molecule has 0 aromatic heterocycles. The van der Waals surface area contributed by atoms with Crippen molar-refractivity contribution in [2.45, 2.75) is 12.6 Å². The predicted molar refractivity (Wildman–Crippen MR) is 104 cm³/mol. The molecule has 29 heavy (non-hydrogen) atoms. The standard InChI is InChI=1S/C23H16F3NO2/c24-23(25,26)22(29)21-18-12-15-8-4-5-9-16(15)17(18)10-11-19(21)27-13-20(28)14-6-2-1-3-7-14/h1-11,27H,12-13H2. The summed E-state index contributed by atoms with van der Waals surface area (Å²) in [5.74, 6) is -2.18. The van der Waals surface area contributed by atoms with E-state index in [2.05, 4.69) is 5.32 Å². The first-order valence-electron chi connectivity index (χ1n) is 9.04. The van der Waals surface area contributed by atoms with Crippen molar-refractivity contribution in [1.29, 1.82) is 0 Å². The van der Waals surface area contributed by atoms with Gasteiger partial charge in [-0.25, -0.2) is 0 Å². The largest absolute Gasteiger partial charge is 0.454 e. The first kappa shape index (κ1) is 18.9. The van der Waals surface area contributed by atoms with Crippen molar-refractivity contribution in [2.24, 2.45) is 0 Å². The number of benzene rings is 3. The molecule has 3 nitrogen and oxygen atoms in total. The SMILES string of the molecule is O=C(CNc1ccc2c(c1C(=O)C(F)(F)F)Cc1ccccc1-2)c1ccccc1. The zero-order valence-electron chi connectivity index (χ0n) is 15.2. The minimum atomic E-state index is -5.01. The molecule has 0 radical (unpaired) electrons. The van der Waals surface area contributed by atoms with Gasteiger partial charge in [-0.1, -0.05) is 60.7 Å². The van der Waals surface area contributed by atoms with Crippen molar-refractivity contribution in [3.05, 3.63) is 89.0 Å². The molecule has 0 amide bonds. The fraction of sp³-hybridized carbons (Fsp3) is 0.130. The second-order valence-corrected chi connectivity index (χ2v) is 6.82. The van der Waals surface area contributed by atoms with Crippen LogP contribution in [0, 0.1) is 0 Å². The molecular formula is C23H16F3NO2. The van der Waals surface area contributed by atoms with Crippen molar-refractivity contribution < 1.29 is 22.8 Å². The van der Waals surface area contributed by atoms with E-state index < -0.39 is 17.5 Å². The highest BCUT2D eigenvalue weighted by atomic mass is 19.4. The Morgan fingerprint density at radius 2 is 1.55 bits per heavy atom. The van der Waals surface area contributed by atoms with Crippen LogP contribution < -0.4 is 5.32 Å². The summed E-state index contributed by atoms with van der Waals surface area (Å²) in [5, 5.41) is 2.75. The van der Waals surface area contributed by atoms with Crippen LogP contribution in [0.3, 0.4) is 0 Å². The maximum Gasteiger partial charge on any atom is 0.454 e. The Hall–Kier alpha value is -3.41. The number of Topliss-reactive ketones (excluding diaryl/α,β-unsaturated/α-hetero) is 2. The van der Waals surface area contributed by atoms with Gasteiger partial charge in [-0.2, -0.15) is 13.2 Å². The Morgan fingerprint density at radius 1 is 0.862 bits per heavy atom. The molecule has 0 saturated carbocycles. The Balaban J connectivity index is 1.72. The van der Waals surface area contributed by atoms with E-state index in [1.165, 1.54) is 6.07 Å². The van der Waals surface area contributed by atoms with Gasteiger partial charge >= 0.3 is 6.18 Å². The molecule has 1 N–H and O–H groups in total. The third-order valence-electron chi connectivity index (χ3n) is 5.01. The molecule has 0 saturated heterocycles.